The number of nitrogens with zero attached hydrogens (tertiary/aromatic N) is 2. The van der Waals surface area contributed by atoms with E-state index in [1.54, 1.807) is 4.90 Å². The molecule has 2 aliphatic rings. The minimum absolute atomic E-state index is 0.00339. The molecule has 2 atom stereocenters. The summed E-state index contributed by atoms with van der Waals surface area (Å²) >= 11 is 0. The van der Waals surface area contributed by atoms with Gasteiger partial charge in [-0.3, -0.25) is 9.69 Å². The third-order valence-electron chi connectivity index (χ3n) is 6.22. The van der Waals surface area contributed by atoms with E-state index in [1.165, 1.54) is 32.1 Å². The summed E-state index contributed by atoms with van der Waals surface area (Å²) in [6.45, 7) is 1.46. The lowest BCUT2D eigenvalue weighted by atomic mass is 9.94. The van der Waals surface area contributed by atoms with Gasteiger partial charge in [0.2, 0.25) is 0 Å². The zero-order chi connectivity index (χ0) is 18.1. The number of fused-ring (bicyclic) bond motifs is 1. The summed E-state index contributed by atoms with van der Waals surface area (Å²) in [4.78, 5) is 17.3. The quantitative estimate of drug-likeness (QED) is 0.922. The van der Waals surface area contributed by atoms with Gasteiger partial charge in [-0.2, -0.15) is 0 Å². The van der Waals surface area contributed by atoms with Gasteiger partial charge in [-0.25, -0.2) is 0 Å². The fourth-order valence-corrected chi connectivity index (χ4v) is 4.68. The Morgan fingerprint density at radius 1 is 1.04 bits per heavy atom. The second-order valence-corrected chi connectivity index (χ2v) is 7.82. The van der Waals surface area contributed by atoms with Crippen LogP contribution >= 0.6 is 0 Å². The van der Waals surface area contributed by atoms with E-state index in [1.807, 2.05) is 49.5 Å². The van der Waals surface area contributed by atoms with Crippen molar-refractivity contribution in [1.29, 1.82) is 0 Å². The predicted molar refractivity (Wildman–Crippen MR) is 104 cm³/mol. The molecule has 1 N–H and O–H groups in total. The number of aliphatic hydroxyl groups is 1. The van der Waals surface area contributed by atoms with Gasteiger partial charge >= 0.3 is 0 Å². The van der Waals surface area contributed by atoms with Crippen molar-refractivity contribution in [2.45, 2.75) is 50.3 Å². The van der Waals surface area contributed by atoms with Gasteiger partial charge in [-0.1, -0.05) is 55.7 Å². The fraction of sp³-hybridized carbons (Fsp3) is 0.500. The average Bonchev–Trinajstić information content (AvgIpc) is 3.09. The summed E-state index contributed by atoms with van der Waals surface area (Å²) in [5.74, 6) is -0.00339. The molecule has 4 heteroatoms. The van der Waals surface area contributed by atoms with Crippen molar-refractivity contribution in [3.8, 4) is 0 Å². The lowest BCUT2D eigenvalue weighted by Crippen LogP contribution is -2.44. The third-order valence-corrected chi connectivity index (χ3v) is 6.22. The number of aliphatic hydroxyl groups excluding tert-OH is 1. The number of carbonyl (C=O) groups is 1. The molecular weight excluding hydrogens is 324 g/mol. The summed E-state index contributed by atoms with van der Waals surface area (Å²) in [5, 5.41) is 12.7. The molecule has 1 aliphatic heterocycles. The van der Waals surface area contributed by atoms with Crippen LogP contribution in [0.4, 0.5) is 0 Å². The first-order valence-electron chi connectivity index (χ1n) is 9.82. The van der Waals surface area contributed by atoms with Gasteiger partial charge in [-0.05, 0) is 29.7 Å². The van der Waals surface area contributed by atoms with Crippen LogP contribution in [0.3, 0.4) is 0 Å². The maximum absolute atomic E-state index is 13.2. The maximum Gasteiger partial charge on any atom is 0.254 e. The standard InChI is InChI=1S/C22H28N2O2/c1-23(20-14-24(15-21(20)25)17-10-3-2-4-11-17)22(26)19-13-7-9-16-8-5-6-12-18(16)19/h5-9,12-13,17,20-21,25H,2-4,10-11,14-15H2,1H3/t20-,21-/m0/s1. The minimum atomic E-state index is -0.471. The van der Waals surface area contributed by atoms with Crippen LogP contribution in [0, 0.1) is 0 Å². The Balaban J connectivity index is 1.53. The van der Waals surface area contributed by atoms with Gasteiger partial charge in [0, 0.05) is 31.7 Å². The van der Waals surface area contributed by atoms with Crippen LogP contribution in [-0.4, -0.2) is 59.1 Å². The van der Waals surface area contributed by atoms with Gasteiger partial charge in [0.1, 0.15) is 0 Å². The van der Waals surface area contributed by atoms with Crippen LogP contribution in [0.1, 0.15) is 42.5 Å². The van der Waals surface area contributed by atoms with E-state index in [2.05, 4.69) is 4.90 Å². The summed E-state index contributed by atoms with van der Waals surface area (Å²) in [7, 11) is 1.84. The first-order valence-corrected chi connectivity index (χ1v) is 9.82. The molecule has 0 aromatic heterocycles. The minimum Gasteiger partial charge on any atom is -0.390 e. The molecule has 138 valence electrons. The van der Waals surface area contributed by atoms with E-state index in [-0.39, 0.29) is 11.9 Å². The van der Waals surface area contributed by atoms with Crippen molar-refractivity contribution >= 4 is 16.7 Å². The number of hydrogen-bond acceptors (Lipinski definition) is 3. The van der Waals surface area contributed by atoms with Crippen molar-refractivity contribution in [2.24, 2.45) is 0 Å². The lowest BCUT2D eigenvalue weighted by Gasteiger charge is -2.32. The van der Waals surface area contributed by atoms with E-state index in [9.17, 15) is 9.90 Å². The smallest absolute Gasteiger partial charge is 0.254 e. The third kappa shape index (κ3) is 3.24. The molecule has 0 spiro atoms. The van der Waals surface area contributed by atoms with Crippen molar-refractivity contribution in [1.82, 2.24) is 9.80 Å². The Morgan fingerprint density at radius 3 is 2.58 bits per heavy atom. The highest BCUT2D eigenvalue weighted by atomic mass is 16.3. The Hall–Kier alpha value is -1.91. The predicted octanol–water partition coefficient (Wildman–Crippen LogP) is 3.29. The van der Waals surface area contributed by atoms with E-state index in [0.717, 1.165) is 17.3 Å². The number of likely N-dealkylation sites (tertiary alicyclic amines) is 1. The Bertz CT molecular complexity index is 779. The summed E-state index contributed by atoms with van der Waals surface area (Å²) in [5.41, 5.74) is 0.717. The molecule has 1 aliphatic carbocycles. The van der Waals surface area contributed by atoms with Crippen molar-refractivity contribution < 1.29 is 9.90 Å². The number of β-amino-alcohol motifs (C(OH)–C–C–N with tert-alkyl or cyclic N) is 1. The Kier molecular flexibility index (Phi) is 4.96. The number of likely N-dealkylation sites (N-methyl/N-ethyl adjacent to an activating group) is 1. The highest BCUT2D eigenvalue weighted by molar-refractivity contribution is 6.07. The normalized spacial score (nSPS) is 24.8. The molecule has 0 unspecified atom stereocenters. The topological polar surface area (TPSA) is 43.8 Å². The number of amides is 1. The Labute approximate surface area is 155 Å². The fourth-order valence-electron chi connectivity index (χ4n) is 4.68. The zero-order valence-corrected chi connectivity index (χ0v) is 15.5. The maximum atomic E-state index is 13.2. The molecule has 0 radical (unpaired) electrons. The Morgan fingerprint density at radius 2 is 1.77 bits per heavy atom. The summed E-state index contributed by atoms with van der Waals surface area (Å²) in [6.07, 6.45) is 5.87. The molecule has 4 rings (SSSR count). The molecule has 2 fully saturated rings. The van der Waals surface area contributed by atoms with Gasteiger partial charge < -0.3 is 10.0 Å². The van der Waals surface area contributed by atoms with E-state index < -0.39 is 6.10 Å². The number of benzene rings is 2. The zero-order valence-electron chi connectivity index (χ0n) is 15.5. The first kappa shape index (κ1) is 17.5. The molecule has 26 heavy (non-hydrogen) atoms. The van der Waals surface area contributed by atoms with E-state index in [4.69, 9.17) is 0 Å². The van der Waals surface area contributed by atoms with Crippen LogP contribution in [0.2, 0.25) is 0 Å². The molecule has 2 aromatic rings. The van der Waals surface area contributed by atoms with Crippen molar-refractivity contribution in [3.05, 3.63) is 48.0 Å². The highest BCUT2D eigenvalue weighted by Gasteiger charge is 2.39. The summed E-state index contributed by atoms with van der Waals surface area (Å²) < 4.78 is 0. The van der Waals surface area contributed by atoms with Crippen molar-refractivity contribution in [3.63, 3.8) is 0 Å². The molecule has 1 saturated heterocycles. The highest BCUT2D eigenvalue weighted by Crippen LogP contribution is 2.28. The van der Waals surface area contributed by atoms with Crippen LogP contribution in [0.5, 0.6) is 0 Å². The van der Waals surface area contributed by atoms with Gasteiger partial charge in [0.15, 0.2) is 0 Å². The van der Waals surface area contributed by atoms with Crippen LogP contribution in [-0.2, 0) is 0 Å². The molecular formula is C22H28N2O2. The van der Waals surface area contributed by atoms with Gasteiger partial charge in [-0.15, -0.1) is 0 Å². The van der Waals surface area contributed by atoms with E-state index >= 15 is 0 Å². The van der Waals surface area contributed by atoms with Gasteiger partial charge in [0.05, 0.1) is 12.1 Å². The molecule has 1 saturated carbocycles. The number of carbonyl (C=O) groups excluding carboxylic acids is 1. The average molecular weight is 352 g/mol. The molecule has 2 aromatic carbocycles. The van der Waals surface area contributed by atoms with Gasteiger partial charge in [0.25, 0.3) is 5.91 Å². The SMILES string of the molecule is CN(C(=O)c1cccc2ccccc12)[C@H]1CN(C2CCCCC2)C[C@@H]1O. The number of hydrogen-bond donors (Lipinski definition) is 1. The molecule has 0 bridgehead atoms. The molecule has 4 nitrogen and oxygen atoms in total. The lowest BCUT2D eigenvalue weighted by molar-refractivity contribution is 0.0583. The monoisotopic (exact) mass is 352 g/mol. The first-order chi connectivity index (χ1) is 12.6. The summed E-state index contributed by atoms with van der Waals surface area (Å²) in [6, 6.07) is 14.3. The van der Waals surface area contributed by atoms with Crippen LogP contribution in [0.15, 0.2) is 42.5 Å². The second kappa shape index (κ2) is 7.37. The molecule has 1 amide bonds. The molecule has 1 heterocycles. The number of rotatable bonds is 3. The second-order valence-electron chi connectivity index (χ2n) is 7.82. The van der Waals surface area contributed by atoms with Crippen molar-refractivity contribution in [2.75, 3.05) is 20.1 Å². The van der Waals surface area contributed by atoms with E-state index in [0.29, 0.717) is 18.2 Å². The van der Waals surface area contributed by atoms with Crippen LogP contribution in [0.25, 0.3) is 10.8 Å². The largest absolute Gasteiger partial charge is 0.390 e. The van der Waals surface area contributed by atoms with Crippen LogP contribution < -0.4 is 0 Å².